The fourth-order valence-corrected chi connectivity index (χ4v) is 5.36. The molecule has 4 aromatic rings. The van der Waals surface area contributed by atoms with E-state index in [0.29, 0.717) is 76.4 Å². The third kappa shape index (κ3) is 5.09. The molecule has 13 heteroatoms. The number of ether oxygens (including phenoxy) is 1. The van der Waals surface area contributed by atoms with Crippen molar-refractivity contribution in [3.8, 4) is 5.75 Å². The topological polar surface area (TPSA) is 89.6 Å². The van der Waals surface area contributed by atoms with Crippen molar-refractivity contribution < 1.29 is 4.74 Å². The summed E-state index contributed by atoms with van der Waals surface area (Å²) in [5, 5.41) is 4.95. The van der Waals surface area contributed by atoms with Crippen molar-refractivity contribution in [1.29, 1.82) is 0 Å². The summed E-state index contributed by atoms with van der Waals surface area (Å²) in [4.78, 5) is 34.9. The summed E-state index contributed by atoms with van der Waals surface area (Å²) in [5.74, 6) is 1.24. The number of aromatic nitrogens is 4. The number of methoxy groups -OCH3 is 1. The summed E-state index contributed by atoms with van der Waals surface area (Å²) in [5.41, 5.74) is 1.38. The molecular formula is C26H27Cl2N7O3S. The van der Waals surface area contributed by atoms with Gasteiger partial charge in [-0.15, -0.1) is 0 Å². The predicted octanol–water partition coefficient (Wildman–Crippen LogP) is 3.32. The smallest absolute Gasteiger partial charge is 0.332 e. The van der Waals surface area contributed by atoms with Crippen LogP contribution >= 0.6 is 35.4 Å². The van der Waals surface area contributed by atoms with Crippen LogP contribution in [0.3, 0.4) is 0 Å². The molecule has 2 aromatic carbocycles. The molecule has 1 aliphatic heterocycles. The molecular weight excluding hydrogens is 561 g/mol. The highest BCUT2D eigenvalue weighted by molar-refractivity contribution is 7.80. The van der Waals surface area contributed by atoms with Gasteiger partial charge in [-0.25, -0.2) is 4.79 Å². The van der Waals surface area contributed by atoms with Gasteiger partial charge in [-0.3, -0.25) is 18.5 Å². The number of rotatable bonds is 5. The van der Waals surface area contributed by atoms with Crippen LogP contribution in [0.15, 0.2) is 52.1 Å². The lowest BCUT2D eigenvalue weighted by Crippen LogP contribution is -2.50. The molecule has 1 aliphatic rings. The molecule has 0 spiro atoms. The zero-order chi connectivity index (χ0) is 27.8. The molecule has 0 unspecified atom stereocenters. The average molecular weight is 589 g/mol. The van der Waals surface area contributed by atoms with Gasteiger partial charge in [-0.1, -0.05) is 41.4 Å². The molecule has 39 heavy (non-hydrogen) atoms. The molecule has 0 radical (unpaired) electrons. The second-order valence-corrected chi connectivity index (χ2v) is 10.4. The zero-order valence-corrected chi connectivity index (χ0v) is 24.0. The molecule has 5 rings (SSSR count). The molecule has 10 nitrogen and oxygen atoms in total. The molecule has 0 bridgehead atoms. The maximum absolute atomic E-state index is 13.3. The summed E-state index contributed by atoms with van der Waals surface area (Å²) >= 11 is 18.3. The van der Waals surface area contributed by atoms with Gasteiger partial charge in [0.1, 0.15) is 5.75 Å². The first kappa shape index (κ1) is 27.0. The van der Waals surface area contributed by atoms with Crippen molar-refractivity contribution in [2.24, 2.45) is 14.1 Å². The number of fused-ring (bicyclic) bond motifs is 1. The molecule has 2 aromatic heterocycles. The highest BCUT2D eigenvalue weighted by Crippen LogP contribution is 2.29. The number of aryl methyl sites for hydroxylation is 1. The summed E-state index contributed by atoms with van der Waals surface area (Å²) < 4.78 is 9.77. The van der Waals surface area contributed by atoms with Gasteiger partial charge in [-0.05, 0) is 42.0 Å². The first-order valence-corrected chi connectivity index (χ1v) is 13.4. The number of imidazole rings is 1. The van der Waals surface area contributed by atoms with Gasteiger partial charge in [0.15, 0.2) is 16.3 Å². The molecule has 1 fully saturated rings. The van der Waals surface area contributed by atoms with Crippen LogP contribution in [0.25, 0.3) is 11.2 Å². The maximum Gasteiger partial charge on any atom is 0.332 e. The third-order valence-corrected chi connectivity index (χ3v) is 7.83. The van der Waals surface area contributed by atoms with Crippen LogP contribution < -0.4 is 26.2 Å². The monoisotopic (exact) mass is 587 g/mol. The minimum absolute atomic E-state index is 0.327. The van der Waals surface area contributed by atoms with Crippen molar-refractivity contribution in [2.45, 2.75) is 6.54 Å². The number of benzene rings is 2. The Hall–Kier alpha value is -3.54. The van der Waals surface area contributed by atoms with Gasteiger partial charge in [0.05, 0.1) is 19.3 Å². The lowest BCUT2D eigenvalue weighted by Gasteiger charge is -2.37. The van der Waals surface area contributed by atoms with Gasteiger partial charge in [-0.2, -0.15) is 4.98 Å². The van der Waals surface area contributed by atoms with Crippen molar-refractivity contribution in [1.82, 2.24) is 23.6 Å². The Kier molecular flexibility index (Phi) is 7.57. The molecule has 3 heterocycles. The number of nitrogens with one attached hydrogen (secondary N) is 1. The zero-order valence-electron chi connectivity index (χ0n) is 21.6. The highest BCUT2D eigenvalue weighted by Gasteiger charge is 2.27. The maximum atomic E-state index is 13.3. The van der Waals surface area contributed by atoms with Crippen molar-refractivity contribution in [3.05, 3.63) is 78.9 Å². The molecule has 0 atom stereocenters. The third-order valence-electron chi connectivity index (χ3n) is 6.87. The fourth-order valence-electron chi connectivity index (χ4n) is 4.70. The van der Waals surface area contributed by atoms with Crippen LogP contribution in [0.4, 0.5) is 11.6 Å². The number of anilines is 2. The second-order valence-electron chi connectivity index (χ2n) is 9.22. The fraction of sp³-hybridized carbons (Fsp3) is 0.308. The van der Waals surface area contributed by atoms with E-state index in [0.717, 1.165) is 10.1 Å². The summed E-state index contributed by atoms with van der Waals surface area (Å²) in [6.07, 6.45) is 0. The van der Waals surface area contributed by atoms with Crippen LogP contribution in [0.1, 0.15) is 5.56 Å². The Bertz CT molecular complexity index is 1690. The SMILES string of the molecule is COc1ccc(Cl)cc1NC(=S)N1CCN(c2nc3c(c(=O)n(C)c(=O)n3C)n2Cc2ccccc2Cl)CC1. The Labute approximate surface area is 239 Å². The van der Waals surface area contributed by atoms with Gasteiger partial charge >= 0.3 is 5.69 Å². The van der Waals surface area contributed by atoms with Crippen LogP contribution in [0.5, 0.6) is 5.75 Å². The van der Waals surface area contributed by atoms with E-state index in [4.69, 9.17) is 45.1 Å². The van der Waals surface area contributed by atoms with E-state index in [1.807, 2.05) is 28.8 Å². The van der Waals surface area contributed by atoms with E-state index < -0.39 is 11.2 Å². The highest BCUT2D eigenvalue weighted by atomic mass is 35.5. The molecule has 0 amide bonds. The molecule has 1 saturated heterocycles. The summed E-state index contributed by atoms with van der Waals surface area (Å²) in [6, 6.07) is 12.8. The first-order valence-electron chi connectivity index (χ1n) is 12.2. The van der Waals surface area contributed by atoms with Crippen molar-refractivity contribution >= 4 is 63.3 Å². The largest absolute Gasteiger partial charge is 0.495 e. The van der Waals surface area contributed by atoms with E-state index in [2.05, 4.69) is 15.1 Å². The van der Waals surface area contributed by atoms with E-state index in [9.17, 15) is 9.59 Å². The number of piperazine rings is 1. The average Bonchev–Trinajstić information content (AvgIpc) is 3.31. The molecule has 0 aliphatic carbocycles. The van der Waals surface area contributed by atoms with Crippen LogP contribution in [0, 0.1) is 0 Å². The number of hydrogen-bond donors (Lipinski definition) is 1. The van der Waals surface area contributed by atoms with E-state index in [1.54, 1.807) is 32.4 Å². The molecule has 204 valence electrons. The molecule has 1 N–H and O–H groups in total. The molecule has 0 saturated carbocycles. The second kappa shape index (κ2) is 10.9. The summed E-state index contributed by atoms with van der Waals surface area (Å²) in [7, 11) is 4.68. The Morgan fingerprint density at radius 3 is 2.46 bits per heavy atom. The minimum atomic E-state index is -0.431. The Balaban J connectivity index is 1.45. The van der Waals surface area contributed by atoms with Crippen LogP contribution in [-0.2, 0) is 20.6 Å². The number of thiocarbonyl (C=S) groups is 1. The number of hydrogen-bond acceptors (Lipinski definition) is 6. The quantitative estimate of drug-likeness (QED) is 0.356. The normalized spacial score (nSPS) is 13.7. The van der Waals surface area contributed by atoms with E-state index in [1.165, 1.54) is 11.6 Å². The standard InChI is InChI=1S/C26H27Cl2N7O3S/c1-31-22-21(23(36)32(2)26(31)37)35(15-16-6-4-5-7-18(16)28)24(30-22)33-10-12-34(13-11-33)25(39)29-19-14-17(27)8-9-20(19)38-3/h4-9,14H,10-13,15H2,1-3H3,(H,29,39). The lowest BCUT2D eigenvalue weighted by molar-refractivity contribution is 0.386. The lowest BCUT2D eigenvalue weighted by atomic mass is 10.2. The first-order chi connectivity index (χ1) is 18.7. The summed E-state index contributed by atoms with van der Waals surface area (Å²) in [6.45, 7) is 2.73. The van der Waals surface area contributed by atoms with Gasteiger partial charge in [0, 0.05) is 50.3 Å². The Morgan fingerprint density at radius 1 is 1.05 bits per heavy atom. The predicted molar refractivity (Wildman–Crippen MR) is 159 cm³/mol. The van der Waals surface area contributed by atoms with Crippen molar-refractivity contribution in [3.63, 3.8) is 0 Å². The van der Waals surface area contributed by atoms with Crippen LogP contribution in [-0.4, -0.2) is 62.0 Å². The number of nitrogens with zero attached hydrogens (tertiary/aromatic N) is 6. The Morgan fingerprint density at radius 2 is 1.77 bits per heavy atom. The number of halogens is 2. The van der Waals surface area contributed by atoms with E-state index >= 15 is 0 Å². The van der Waals surface area contributed by atoms with Crippen LogP contribution in [0.2, 0.25) is 10.0 Å². The minimum Gasteiger partial charge on any atom is -0.495 e. The van der Waals surface area contributed by atoms with Crippen molar-refractivity contribution in [2.75, 3.05) is 43.5 Å². The van der Waals surface area contributed by atoms with E-state index in [-0.39, 0.29) is 0 Å². The van der Waals surface area contributed by atoms with Gasteiger partial charge in [0.25, 0.3) is 5.56 Å². The van der Waals surface area contributed by atoms with Gasteiger partial charge in [0.2, 0.25) is 5.95 Å². The van der Waals surface area contributed by atoms with Gasteiger partial charge < -0.3 is 19.9 Å².